The molecular weight excluding hydrogens is 497 g/mol. The highest BCUT2D eigenvalue weighted by atomic mass is 19.2. The summed E-state index contributed by atoms with van der Waals surface area (Å²) in [7, 11) is -2.73. The number of fused-ring (bicyclic) bond motifs is 1. The van der Waals surface area contributed by atoms with Gasteiger partial charge in [-0.15, -0.1) is 0 Å². The van der Waals surface area contributed by atoms with E-state index in [1.165, 1.54) is 5.56 Å². The molecule has 0 saturated heterocycles. The van der Waals surface area contributed by atoms with Crippen LogP contribution >= 0.6 is 0 Å². The molecule has 6 rings (SSSR count). The zero-order valence-corrected chi connectivity index (χ0v) is 23.0. The maximum absolute atomic E-state index is 15.0. The smallest absolute Gasteiger partial charge is 0.324 e. The van der Waals surface area contributed by atoms with Gasteiger partial charge >= 0.3 is 7.40 Å². The molecule has 0 spiro atoms. The number of aliphatic imine (C=N–C) groups is 1. The Morgan fingerprint density at radius 3 is 1.98 bits per heavy atom. The molecule has 0 unspecified atom stereocenters. The molecule has 2 heterocycles. The van der Waals surface area contributed by atoms with E-state index in [1.54, 1.807) is 0 Å². The third-order valence-corrected chi connectivity index (χ3v) is 7.57. The Balaban J connectivity index is 1.62. The van der Waals surface area contributed by atoms with Crippen LogP contribution in [0.5, 0.6) is 0 Å². The summed E-state index contributed by atoms with van der Waals surface area (Å²) < 4.78 is 31.1. The molecule has 2 nitrogen and oxygen atoms in total. The zero-order chi connectivity index (χ0) is 28.0. The second-order valence-electron chi connectivity index (χ2n) is 10.5. The third-order valence-electron chi connectivity index (χ3n) is 7.57. The molecule has 0 bridgehead atoms. The number of halogens is 2. The summed E-state index contributed by atoms with van der Waals surface area (Å²) >= 11 is 0. The number of nitrogens with zero attached hydrogens (tertiary/aromatic N) is 2. The first-order valence-corrected chi connectivity index (χ1v) is 13.5. The Labute approximate surface area is 234 Å². The molecule has 1 aliphatic heterocycles. The van der Waals surface area contributed by atoms with Gasteiger partial charge in [-0.25, -0.2) is 4.99 Å². The van der Waals surface area contributed by atoms with Gasteiger partial charge in [-0.2, -0.15) is 0 Å². The van der Waals surface area contributed by atoms with Gasteiger partial charge in [-0.3, -0.25) is 8.63 Å². The molecule has 1 aliphatic rings. The molecule has 0 atom stereocenters. The van der Waals surface area contributed by atoms with E-state index in [2.05, 4.69) is 39.0 Å². The second-order valence-corrected chi connectivity index (χ2v) is 10.5. The standard InChI is InChI=1S/C35H29BF2N2/c1-22-14-16-27(17-15-22)35-29-13-9-8-12-28(29)33(40(35)36(37)38)21-31-30(26-10-6-5-7-11-26)20-32(39-31)34-24(3)18-23(2)19-25(34)4/h5-21H,1-4H3/b31-21-. The quantitative estimate of drug-likeness (QED) is 0.203. The highest BCUT2D eigenvalue weighted by molar-refractivity contribution is 6.43. The van der Waals surface area contributed by atoms with E-state index in [-0.39, 0.29) is 0 Å². The van der Waals surface area contributed by atoms with Gasteiger partial charge < -0.3 is 4.48 Å². The summed E-state index contributed by atoms with van der Waals surface area (Å²) in [6.07, 6.45) is 3.92. The van der Waals surface area contributed by atoms with Crippen LogP contribution in [-0.4, -0.2) is 17.6 Å². The van der Waals surface area contributed by atoms with Gasteiger partial charge in [0.15, 0.2) is 0 Å². The molecule has 5 heteroatoms. The molecular formula is C35H29BF2N2. The minimum Gasteiger partial charge on any atom is -0.324 e. The molecule has 1 aromatic heterocycles. The van der Waals surface area contributed by atoms with Gasteiger partial charge in [0.2, 0.25) is 0 Å². The normalized spacial score (nSPS) is 14.1. The van der Waals surface area contributed by atoms with Crippen molar-refractivity contribution in [1.29, 1.82) is 0 Å². The van der Waals surface area contributed by atoms with Crippen LogP contribution in [0.15, 0.2) is 108 Å². The SMILES string of the molecule is Cc1ccc(-c2c3ccccc3c(/C=C3\N=C(c4c(C)cc(C)cc4C)C=C3c3ccccc3)n2B(F)F)cc1. The summed E-state index contributed by atoms with van der Waals surface area (Å²) in [6.45, 7) is 8.28. The van der Waals surface area contributed by atoms with Gasteiger partial charge in [0.25, 0.3) is 0 Å². The second kappa shape index (κ2) is 10.2. The summed E-state index contributed by atoms with van der Waals surface area (Å²) in [6, 6.07) is 29.7. The van der Waals surface area contributed by atoms with Gasteiger partial charge in [0.1, 0.15) is 0 Å². The largest absolute Gasteiger partial charge is 0.678 e. The maximum atomic E-state index is 15.0. The fraction of sp³-hybridized carbons (Fsp3) is 0.114. The molecule has 0 saturated carbocycles. The molecule has 4 aromatic carbocycles. The first kappa shape index (κ1) is 25.8. The van der Waals surface area contributed by atoms with Crippen LogP contribution in [0.25, 0.3) is 33.7 Å². The Morgan fingerprint density at radius 1 is 0.700 bits per heavy atom. The number of hydrogen-bond acceptors (Lipinski definition) is 1. The Bertz CT molecular complexity index is 1820. The molecule has 0 fully saturated rings. The van der Waals surface area contributed by atoms with Crippen LogP contribution in [0.4, 0.5) is 8.63 Å². The monoisotopic (exact) mass is 526 g/mol. The van der Waals surface area contributed by atoms with Gasteiger partial charge in [-0.1, -0.05) is 102 Å². The van der Waals surface area contributed by atoms with Crippen LogP contribution in [0.2, 0.25) is 0 Å². The number of allylic oxidation sites excluding steroid dienone is 2. The number of rotatable bonds is 5. The minimum atomic E-state index is -2.73. The summed E-state index contributed by atoms with van der Waals surface area (Å²) in [5, 5.41) is 1.56. The average molecular weight is 526 g/mol. The lowest BCUT2D eigenvalue weighted by molar-refractivity contribution is 0.631. The van der Waals surface area contributed by atoms with Crippen molar-refractivity contribution in [3.8, 4) is 11.3 Å². The number of hydrogen-bond donors (Lipinski definition) is 0. The van der Waals surface area contributed by atoms with Gasteiger partial charge in [-0.05, 0) is 62.1 Å². The van der Waals surface area contributed by atoms with E-state index < -0.39 is 7.40 Å². The lowest BCUT2D eigenvalue weighted by Gasteiger charge is -2.11. The first-order chi connectivity index (χ1) is 19.3. The maximum Gasteiger partial charge on any atom is 0.678 e. The van der Waals surface area contributed by atoms with E-state index in [9.17, 15) is 8.63 Å². The molecule has 0 radical (unpaired) electrons. The van der Waals surface area contributed by atoms with Crippen molar-refractivity contribution in [2.75, 3.05) is 0 Å². The van der Waals surface area contributed by atoms with Crippen molar-refractivity contribution >= 4 is 35.5 Å². The number of aryl methyl sites for hydroxylation is 4. The van der Waals surface area contributed by atoms with Crippen LogP contribution in [0.3, 0.4) is 0 Å². The van der Waals surface area contributed by atoms with E-state index in [4.69, 9.17) is 4.99 Å². The van der Waals surface area contributed by atoms with Crippen LogP contribution in [0, 0.1) is 27.7 Å². The molecule has 0 aliphatic carbocycles. The number of aromatic nitrogens is 1. The highest BCUT2D eigenvalue weighted by Gasteiger charge is 2.29. The van der Waals surface area contributed by atoms with Crippen molar-refractivity contribution in [3.05, 3.63) is 142 Å². The minimum absolute atomic E-state index is 0.445. The summed E-state index contributed by atoms with van der Waals surface area (Å²) in [5.74, 6) is 0. The van der Waals surface area contributed by atoms with Crippen molar-refractivity contribution in [2.24, 2.45) is 4.99 Å². The van der Waals surface area contributed by atoms with Crippen molar-refractivity contribution in [3.63, 3.8) is 0 Å². The van der Waals surface area contributed by atoms with E-state index in [0.717, 1.165) is 59.9 Å². The predicted octanol–water partition coefficient (Wildman–Crippen LogP) is 9.24. The topological polar surface area (TPSA) is 17.3 Å². The lowest BCUT2D eigenvalue weighted by Crippen LogP contribution is -2.16. The van der Waals surface area contributed by atoms with E-state index >= 15 is 0 Å². The average Bonchev–Trinajstić information content (AvgIpc) is 3.49. The molecule has 5 aromatic rings. The highest BCUT2D eigenvalue weighted by Crippen LogP contribution is 2.39. The van der Waals surface area contributed by atoms with Crippen LogP contribution in [-0.2, 0) is 0 Å². The van der Waals surface area contributed by atoms with Crippen LogP contribution in [0.1, 0.15) is 39.1 Å². The molecule has 0 N–H and O–H groups in total. The van der Waals surface area contributed by atoms with Gasteiger partial charge in [0.05, 0.1) is 11.4 Å². The predicted molar refractivity (Wildman–Crippen MR) is 165 cm³/mol. The molecule has 0 amide bonds. The molecule has 196 valence electrons. The van der Waals surface area contributed by atoms with E-state index in [0.29, 0.717) is 17.1 Å². The Kier molecular flexibility index (Phi) is 6.59. The van der Waals surface area contributed by atoms with Gasteiger partial charge in [0, 0.05) is 33.3 Å². The fourth-order valence-electron chi connectivity index (χ4n) is 5.88. The van der Waals surface area contributed by atoms with E-state index in [1.807, 2.05) is 91.9 Å². The van der Waals surface area contributed by atoms with Crippen molar-refractivity contribution < 1.29 is 8.63 Å². The first-order valence-electron chi connectivity index (χ1n) is 13.5. The van der Waals surface area contributed by atoms with Crippen molar-refractivity contribution in [1.82, 2.24) is 4.48 Å². The Morgan fingerprint density at radius 2 is 1.32 bits per heavy atom. The fourth-order valence-corrected chi connectivity index (χ4v) is 5.88. The number of benzene rings is 4. The van der Waals surface area contributed by atoms with Crippen molar-refractivity contribution in [2.45, 2.75) is 27.7 Å². The molecule has 40 heavy (non-hydrogen) atoms. The third kappa shape index (κ3) is 4.52. The Hall–Kier alpha value is -4.51. The van der Waals surface area contributed by atoms with Crippen LogP contribution < -0.4 is 0 Å². The zero-order valence-electron chi connectivity index (χ0n) is 23.0. The summed E-state index contributed by atoms with van der Waals surface area (Å²) in [4.78, 5) is 5.09. The lowest BCUT2D eigenvalue weighted by atomic mass is 9.95. The summed E-state index contributed by atoms with van der Waals surface area (Å²) in [5.41, 5.74) is 10.8.